The van der Waals surface area contributed by atoms with E-state index in [0.29, 0.717) is 35.1 Å². The van der Waals surface area contributed by atoms with Crippen molar-refractivity contribution in [3.63, 3.8) is 0 Å². The highest BCUT2D eigenvalue weighted by Crippen LogP contribution is 2.26. The summed E-state index contributed by atoms with van der Waals surface area (Å²) in [5, 5.41) is 11.7. The molecular weight excluding hydrogens is 413 g/mol. The van der Waals surface area contributed by atoms with Crippen LogP contribution in [0.4, 0.5) is 0 Å². The number of furan rings is 1. The second-order valence-corrected chi connectivity index (χ2v) is 7.37. The molecule has 1 saturated heterocycles. The lowest BCUT2D eigenvalue weighted by Crippen LogP contribution is -2.38. The molecule has 4 heterocycles. The lowest BCUT2D eigenvalue weighted by molar-refractivity contribution is 0.0946. The minimum absolute atomic E-state index is 0. The van der Waals surface area contributed by atoms with Gasteiger partial charge in [-0.25, -0.2) is 9.67 Å². The van der Waals surface area contributed by atoms with E-state index < -0.39 is 0 Å². The largest absolute Gasteiger partial charge is 0.463 e. The fourth-order valence-corrected chi connectivity index (χ4v) is 3.56. The molecule has 0 aliphatic carbocycles. The van der Waals surface area contributed by atoms with Gasteiger partial charge < -0.3 is 15.1 Å². The van der Waals surface area contributed by atoms with E-state index in [2.05, 4.69) is 15.7 Å². The Bertz CT molecular complexity index is 934. The molecule has 0 spiro atoms. The Morgan fingerprint density at radius 2 is 2.24 bits per heavy atom. The molecule has 3 aromatic rings. The van der Waals surface area contributed by atoms with E-state index in [1.807, 2.05) is 30.7 Å². The summed E-state index contributed by atoms with van der Waals surface area (Å²) in [7, 11) is 0. The van der Waals surface area contributed by atoms with Crippen LogP contribution in [0.2, 0.25) is 0 Å². The zero-order valence-electron chi connectivity index (χ0n) is 16.6. The van der Waals surface area contributed by atoms with Crippen LogP contribution in [0.15, 0.2) is 35.1 Å². The number of aromatic nitrogens is 3. The molecule has 158 valence electrons. The summed E-state index contributed by atoms with van der Waals surface area (Å²) < 4.78 is 7.34. The van der Waals surface area contributed by atoms with E-state index in [-0.39, 0.29) is 36.8 Å². The highest BCUT2D eigenvalue weighted by atomic mass is 35.5. The third kappa shape index (κ3) is 4.91. The van der Waals surface area contributed by atoms with Crippen molar-refractivity contribution in [2.75, 3.05) is 19.6 Å². The predicted octanol–water partition coefficient (Wildman–Crippen LogP) is 3.85. The Morgan fingerprint density at radius 3 is 2.90 bits per heavy atom. The smallest absolute Gasteiger partial charge is 0.252 e. The molecule has 0 bridgehead atoms. The van der Waals surface area contributed by atoms with Crippen molar-refractivity contribution in [3.05, 3.63) is 36.2 Å². The maximum atomic E-state index is 13.0. The molecule has 0 radical (unpaired) electrons. The number of carbonyl (C=O) groups is 1. The van der Waals surface area contributed by atoms with Crippen LogP contribution in [0.3, 0.4) is 0 Å². The molecule has 1 amide bonds. The molecule has 9 heteroatoms. The molecule has 29 heavy (non-hydrogen) atoms. The molecule has 1 atom stereocenters. The molecule has 0 saturated carbocycles. The van der Waals surface area contributed by atoms with Gasteiger partial charge in [-0.05, 0) is 63.9 Å². The molecule has 1 aliphatic rings. The summed E-state index contributed by atoms with van der Waals surface area (Å²) in [5.74, 6) is 1.02. The maximum Gasteiger partial charge on any atom is 0.252 e. The quantitative estimate of drug-likeness (QED) is 0.630. The van der Waals surface area contributed by atoms with Crippen molar-refractivity contribution in [2.24, 2.45) is 5.92 Å². The first-order valence-corrected chi connectivity index (χ1v) is 9.54. The highest BCUT2D eigenvalue weighted by Gasteiger charge is 2.20. The van der Waals surface area contributed by atoms with Gasteiger partial charge in [0.15, 0.2) is 11.4 Å². The topological polar surface area (TPSA) is 85.0 Å². The van der Waals surface area contributed by atoms with E-state index >= 15 is 0 Å². The molecule has 7 nitrogen and oxygen atoms in total. The van der Waals surface area contributed by atoms with E-state index in [4.69, 9.17) is 9.40 Å². The minimum atomic E-state index is -0.0934. The van der Waals surface area contributed by atoms with Crippen molar-refractivity contribution in [1.29, 1.82) is 0 Å². The number of halogens is 2. The van der Waals surface area contributed by atoms with E-state index in [9.17, 15) is 4.79 Å². The lowest BCUT2D eigenvalue weighted by Gasteiger charge is -2.23. The van der Waals surface area contributed by atoms with E-state index in [1.165, 1.54) is 0 Å². The molecule has 0 aromatic carbocycles. The van der Waals surface area contributed by atoms with Gasteiger partial charge in [-0.2, -0.15) is 5.10 Å². The number of nitrogens with one attached hydrogen (secondary N) is 2. The molecular formula is C20H27Cl2N5O2. The van der Waals surface area contributed by atoms with Crippen LogP contribution in [0, 0.1) is 5.92 Å². The van der Waals surface area contributed by atoms with Crippen LogP contribution < -0.4 is 10.6 Å². The zero-order valence-corrected chi connectivity index (χ0v) is 18.2. The lowest BCUT2D eigenvalue weighted by atomic mass is 9.99. The van der Waals surface area contributed by atoms with E-state index in [0.717, 1.165) is 31.3 Å². The van der Waals surface area contributed by atoms with Crippen molar-refractivity contribution >= 4 is 41.8 Å². The Kier molecular flexibility index (Phi) is 8.07. The molecule has 2 N–H and O–H groups in total. The fourth-order valence-electron chi connectivity index (χ4n) is 3.56. The number of carbonyl (C=O) groups excluding carboxylic acids is 1. The number of pyridine rings is 1. The second-order valence-electron chi connectivity index (χ2n) is 7.37. The first-order chi connectivity index (χ1) is 13.1. The first-order valence-electron chi connectivity index (χ1n) is 9.54. The summed E-state index contributed by atoms with van der Waals surface area (Å²) in [4.78, 5) is 17.7. The second kappa shape index (κ2) is 10.1. The Morgan fingerprint density at radius 1 is 1.41 bits per heavy atom. The van der Waals surface area contributed by atoms with Gasteiger partial charge in [0.25, 0.3) is 5.91 Å². The summed E-state index contributed by atoms with van der Waals surface area (Å²) in [6.07, 6.45) is 5.63. The number of amides is 1. The average Bonchev–Trinajstić information content (AvgIpc) is 3.35. The monoisotopic (exact) mass is 439 g/mol. The van der Waals surface area contributed by atoms with Gasteiger partial charge in [0.2, 0.25) is 0 Å². The summed E-state index contributed by atoms with van der Waals surface area (Å²) in [6.45, 7) is 6.78. The summed E-state index contributed by atoms with van der Waals surface area (Å²) in [5.41, 5.74) is 1.92. The predicted molar refractivity (Wildman–Crippen MR) is 118 cm³/mol. The normalized spacial score (nSPS) is 16.3. The molecule has 1 fully saturated rings. The zero-order chi connectivity index (χ0) is 18.8. The maximum absolute atomic E-state index is 13.0. The van der Waals surface area contributed by atoms with Crippen LogP contribution in [-0.2, 0) is 0 Å². The standard InChI is InChI=1S/C20H25N5O2.2ClH/c1-13(2)25-19-16(12-23-25)15(9-17(24-19)18-6-4-8-27-18)20(26)22-11-14-5-3-7-21-10-14;;/h4,6,8-9,12-14,21H,3,5,7,10-11H2,1-2H3,(H,22,26);2*1H. The van der Waals surface area contributed by atoms with Crippen molar-refractivity contribution in [2.45, 2.75) is 32.7 Å². The van der Waals surface area contributed by atoms with Crippen molar-refractivity contribution in [3.8, 4) is 11.5 Å². The van der Waals surface area contributed by atoms with Gasteiger partial charge >= 0.3 is 0 Å². The molecule has 3 aromatic heterocycles. The van der Waals surface area contributed by atoms with Crippen LogP contribution in [0.5, 0.6) is 0 Å². The van der Waals surface area contributed by atoms with E-state index in [1.54, 1.807) is 18.5 Å². The van der Waals surface area contributed by atoms with Crippen LogP contribution in [-0.4, -0.2) is 40.3 Å². The Hall–Kier alpha value is -2.09. The highest BCUT2D eigenvalue weighted by molar-refractivity contribution is 6.06. The third-order valence-electron chi connectivity index (χ3n) is 5.02. The van der Waals surface area contributed by atoms with Gasteiger partial charge in [0, 0.05) is 12.6 Å². The van der Waals surface area contributed by atoms with Crippen molar-refractivity contribution < 1.29 is 9.21 Å². The minimum Gasteiger partial charge on any atom is -0.463 e. The van der Waals surface area contributed by atoms with Crippen molar-refractivity contribution in [1.82, 2.24) is 25.4 Å². The number of nitrogens with zero attached hydrogens (tertiary/aromatic N) is 3. The number of rotatable bonds is 5. The van der Waals surface area contributed by atoms with Gasteiger partial charge in [-0.1, -0.05) is 0 Å². The SMILES string of the molecule is CC(C)n1ncc2c(C(=O)NCC3CCCNC3)cc(-c3ccco3)nc21.Cl.Cl. The van der Waals surface area contributed by atoms with Crippen LogP contribution >= 0.6 is 24.8 Å². The third-order valence-corrected chi connectivity index (χ3v) is 5.02. The summed E-state index contributed by atoms with van der Waals surface area (Å²) >= 11 is 0. The number of hydrogen-bond donors (Lipinski definition) is 2. The number of hydrogen-bond acceptors (Lipinski definition) is 5. The Balaban J connectivity index is 0.00000150. The molecule has 1 unspecified atom stereocenters. The number of piperidine rings is 1. The van der Waals surface area contributed by atoms with Gasteiger partial charge in [0.1, 0.15) is 5.69 Å². The van der Waals surface area contributed by atoms with Gasteiger partial charge in [-0.3, -0.25) is 4.79 Å². The Labute approximate surface area is 182 Å². The van der Waals surface area contributed by atoms with Crippen LogP contribution in [0.25, 0.3) is 22.5 Å². The fraction of sp³-hybridized carbons (Fsp3) is 0.450. The molecule has 4 rings (SSSR count). The molecule has 1 aliphatic heterocycles. The average molecular weight is 440 g/mol. The number of fused-ring (bicyclic) bond motifs is 1. The first kappa shape index (κ1) is 23.2. The van der Waals surface area contributed by atoms with Gasteiger partial charge in [-0.15, -0.1) is 24.8 Å². The van der Waals surface area contributed by atoms with Gasteiger partial charge in [0.05, 0.1) is 23.4 Å². The summed E-state index contributed by atoms with van der Waals surface area (Å²) in [6, 6.07) is 5.60. The van der Waals surface area contributed by atoms with Crippen LogP contribution in [0.1, 0.15) is 43.1 Å².